The maximum Gasteiger partial charge on any atom is 0.311 e. The van der Waals surface area contributed by atoms with Gasteiger partial charge in [0.2, 0.25) is 5.79 Å². The van der Waals surface area contributed by atoms with E-state index in [4.69, 9.17) is 24.7 Å². The van der Waals surface area contributed by atoms with Crippen molar-refractivity contribution in [2.45, 2.75) is 176 Å². The van der Waals surface area contributed by atoms with Crippen molar-refractivity contribution < 1.29 is 89.1 Å². The first-order valence-electron chi connectivity index (χ1n) is 22.4. The standard InChI is InChI=1S/C47H72FNO17/c1-26-17-15-13-11-9-7-5-6-8-10-12-14-16-18-33(65-46-43(59)39(49)41(57)29(4)64-46)24-36-38(45(60)61)42(58)44(48)47(62,66-36)25-32(52)22-35(54)34(53)20-19-30(50)21-31(51)23-37(55)63-28(3)27(2)40(26)56/h5-18,26-36,38-44,46,50-54,56-59,62H,19-25,49H2,1-4H3,(H,60,61)/b6-5+,9-7+,10-8+,13-11+,14-12+,17-15+,18-16+/t26-,27-,28-,29?,30+,31+,32-,33-,34+,35+,36-,38-,39?,40+,41?,42+,43?,44-,46?,47+/m0/s1. The van der Waals surface area contributed by atoms with Gasteiger partial charge in [-0.05, 0) is 33.1 Å². The highest BCUT2D eigenvalue weighted by atomic mass is 19.1. The van der Waals surface area contributed by atoms with E-state index in [1.807, 2.05) is 6.92 Å². The van der Waals surface area contributed by atoms with Gasteiger partial charge in [0, 0.05) is 31.1 Å². The Morgan fingerprint density at radius 3 is 1.83 bits per heavy atom. The van der Waals surface area contributed by atoms with Crippen molar-refractivity contribution in [2.75, 3.05) is 0 Å². The van der Waals surface area contributed by atoms with E-state index in [-0.39, 0.29) is 25.2 Å². The monoisotopic (exact) mass is 941 g/mol. The molecule has 374 valence electrons. The molecule has 2 saturated heterocycles. The molecule has 0 saturated carbocycles. The Labute approximate surface area is 385 Å². The van der Waals surface area contributed by atoms with E-state index in [1.165, 1.54) is 19.1 Å². The summed E-state index contributed by atoms with van der Waals surface area (Å²) in [4.78, 5) is 25.1. The number of carbonyl (C=O) groups excluding carboxylic acids is 1. The first-order chi connectivity index (χ1) is 31.1. The number of hydrogen-bond donors (Lipinski definition) is 12. The van der Waals surface area contributed by atoms with Crippen molar-refractivity contribution in [3.8, 4) is 0 Å². The fourth-order valence-electron chi connectivity index (χ4n) is 7.91. The Hall–Kier alpha value is -3.51. The molecule has 0 radical (unpaired) electrons. The molecule has 20 atom stereocenters. The third kappa shape index (κ3) is 17.5. The van der Waals surface area contributed by atoms with Crippen molar-refractivity contribution in [1.29, 1.82) is 0 Å². The zero-order valence-corrected chi connectivity index (χ0v) is 37.8. The summed E-state index contributed by atoms with van der Waals surface area (Å²) in [6, 6.07) is -1.20. The van der Waals surface area contributed by atoms with Crippen LogP contribution in [0.4, 0.5) is 4.39 Å². The van der Waals surface area contributed by atoms with Crippen LogP contribution in [-0.2, 0) is 28.5 Å². The molecular formula is C47H72FNO17. The SMILES string of the molecule is CC1OC(O[C@H]2/C=C/C=C/C=C/C=C/C=C/C=C/C=C/[C@H](C)[C@@H](O)[C@@H](C)[C@H](C)OC(=O)C[C@H](O)C[C@H](O)CC[C@@H](O)[C@H](O)C[C@H](O)C[C@@]3(O)O[C@@H](C2)[C@H](C(=O)O)[C@@H](O)[C@@H]3F)C(O)C(N)C1O. The van der Waals surface area contributed by atoms with Crippen LogP contribution < -0.4 is 5.73 Å². The number of alkyl halides is 1. The first kappa shape index (κ1) is 56.8. The Morgan fingerprint density at radius 2 is 1.26 bits per heavy atom. The molecule has 3 aliphatic heterocycles. The molecule has 66 heavy (non-hydrogen) atoms. The number of aliphatic carboxylic acids is 1. The molecule has 0 aromatic carbocycles. The van der Waals surface area contributed by atoms with Gasteiger partial charge < -0.3 is 80.9 Å². The van der Waals surface area contributed by atoms with Gasteiger partial charge in [-0.3, -0.25) is 9.59 Å². The third-order valence-corrected chi connectivity index (χ3v) is 12.1. The number of halogens is 1. The number of carboxylic acid groups (broad SMARTS) is 1. The van der Waals surface area contributed by atoms with Crippen LogP contribution in [-0.4, -0.2) is 172 Å². The molecule has 18 nitrogen and oxygen atoms in total. The van der Waals surface area contributed by atoms with Crippen LogP contribution in [0.5, 0.6) is 0 Å². The van der Waals surface area contributed by atoms with Crippen molar-refractivity contribution in [3.63, 3.8) is 0 Å². The van der Waals surface area contributed by atoms with E-state index < -0.39 is 153 Å². The lowest BCUT2D eigenvalue weighted by molar-refractivity contribution is -0.334. The smallest absolute Gasteiger partial charge is 0.311 e. The van der Waals surface area contributed by atoms with Crippen molar-refractivity contribution >= 4 is 11.9 Å². The number of ether oxygens (including phenoxy) is 4. The molecule has 0 spiro atoms. The highest BCUT2D eigenvalue weighted by molar-refractivity contribution is 5.72. The summed E-state index contributed by atoms with van der Waals surface area (Å²) in [5, 5.41) is 118. The van der Waals surface area contributed by atoms with Gasteiger partial charge in [0.05, 0.1) is 73.5 Å². The molecular weight excluding hydrogens is 870 g/mol. The molecule has 3 rings (SSSR count). The van der Waals surface area contributed by atoms with E-state index in [1.54, 1.807) is 86.8 Å². The largest absolute Gasteiger partial charge is 0.481 e. The van der Waals surface area contributed by atoms with Crippen LogP contribution >= 0.6 is 0 Å². The molecule has 0 aromatic heterocycles. The molecule has 2 bridgehead atoms. The van der Waals surface area contributed by atoms with E-state index in [2.05, 4.69) is 0 Å². The predicted octanol–water partition coefficient (Wildman–Crippen LogP) is 0.660. The zero-order valence-electron chi connectivity index (χ0n) is 37.8. The number of rotatable bonds is 3. The number of carboxylic acids is 1. The number of cyclic esters (lactones) is 1. The second-order valence-corrected chi connectivity index (χ2v) is 17.6. The van der Waals surface area contributed by atoms with E-state index in [9.17, 15) is 65.8 Å². The number of aliphatic hydroxyl groups is 10. The van der Waals surface area contributed by atoms with E-state index in [0.717, 1.165) is 0 Å². The lowest BCUT2D eigenvalue weighted by Gasteiger charge is -2.47. The number of hydrogen-bond acceptors (Lipinski definition) is 17. The van der Waals surface area contributed by atoms with Crippen LogP contribution in [0.2, 0.25) is 0 Å². The highest BCUT2D eigenvalue weighted by Crippen LogP contribution is 2.40. The van der Waals surface area contributed by atoms with E-state index >= 15 is 4.39 Å². The quantitative estimate of drug-likeness (QED) is 0.173. The number of aliphatic hydroxyl groups excluding tert-OH is 9. The van der Waals surface area contributed by atoms with Crippen molar-refractivity contribution in [3.05, 3.63) is 85.1 Å². The molecule has 2 fully saturated rings. The Kier molecular flexibility index (Phi) is 23.7. The van der Waals surface area contributed by atoms with Gasteiger partial charge >= 0.3 is 11.9 Å². The highest BCUT2D eigenvalue weighted by Gasteiger charge is 2.57. The molecule has 19 heteroatoms. The van der Waals surface area contributed by atoms with Crippen LogP contribution in [0, 0.1) is 17.8 Å². The summed E-state index contributed by atoms with van der Waals surface area (Å²) in [5.41, 5.74) is 5.99. The lowest BCUT2D eigenvalue weighted by Crippen LogP contribution is -2.64. The summed E-state index contributed by atoms with van der Waals surface area (Å²) < 4.78 is 38.5. The molecule has 3 aliphatic rings. The minimum Gasteiger partial charge on any atom is -0.481 e. The summed E-state index contributed by atoms with van der Waals surface area (Å²) >= 11 is 0. The molecule has 0 aliphatic carbocycles. The minimum atomic E-state index is -3.03. The van der Waals surface area contributed by atoms with Crippen LogP contribution in [0.1, 0.15) is 72.6 Å². The van der Waals surface area contributed by atoms with Gasteiger partial charge in [0.25, 0.3) is 0 Å². The second kappa shape index (κ2) is 27.5. The molecule has 0 aromatic rings. The summed E-state index contributed by atoms with van der Waals surface area (Å²) in [6.45, 7) is 6.65. The number of esters is 1. The average molecular weight is 942 g/mol. The van der Waals surface area contributed by atoms with Gasteiger partial charge in [-0.15, -0.1) is 0 Å². The molecule has 13 N–H and O–H groups in total. The summed E-state index contributed by atoms with van der Waals surface area (Å²) in [5.74, 6) is -8.24. The fraction of sp³-hybridized carbons (Fsp3) is 0.660. The van der Waals surface area contributed by atoms with Crippen LogP contribution in [0.15, 0.2) is 85.1 Å². The minimum absolute atomic E-state index is 0.170. The van der Waals surface area contributed by atoms with Crippen LogP contribution in [0.3, 0.4) is 0 Å². The van der Waals surface area contributed by atoms with Crippen molar-refractivity contribution in [1.82, 2.24) is 0 Å². The number of fused-ring (bicyclic) bond motifs is 2. The Balaban J connectivity index is 1.89. The molecule has 0 amide bonds. The fourth-order valence-corrected chi connectivity index (χ4v) is 7.91. The zero-order chi connectivity index (χ0) is 49.3. The normalized spacial score (nSPS) is 46.1. The lowest BCUT2D eigenvalue weighted by atomic mass is 9.81. The summed E-state index contributed by atoms with van der Waals surface area (Å²) in [6.07, 6.45) is -2.09. The number of allylic oxidation sites excluding steroid dienone is 12. The number of nitrogens with two attached hydrogens (primary N) is 1. The van der Waals surface area contributed by atoms with E-state index in [0.29, 0.717) is 0 Å². The van der Waals surface area contributed by atoms with Gasteiger partial charge in [0.15, 0.2) is 12.5 Å². The Bertz CT molecular complexity index is 1710. The van der Waals surface area contributed by atoms with Crippen molar-refractivity contribution in [2.24, 2.45) is 23.5 Å². The maximum atomic E-state index is 15.8. The predicted molar refractivity (Wildman–Crippen MR) is 237 cm³/mol. The summed E-state index contributed by atoms with van der Waals surface area (Å²) in [7, 11) is 0. The number of carbonyl (C=O) groups is 2. The maximum absolute atomic E-state index is 15.8. The van der Waals surface area contributed by atoms with Gasteiger partial charge in [-0.2, -0.15) is 0 Å². The van der Waals surface area contributed by atoms with Gasteiger partial charge in [-0.25, -0.2) is 4.39 Å². The van der Waals surface area contributed by atoms with Gasteiger partial charge in [0.1, 0.15) is 24.2 Å². The first-order valence-corrected chi connectivity index (χ1v) is 22.4. The van der Waals surface area contributed by atoms with Crippen LogP contribution in [0.25, 0.3) is 0 Å². The average Bonchev–Trinajstić information content (AvgIpc) is 3.24. The molecule has 3 heterocycles. The second-order valence-electron chi connectivity index (χ2n) is 17.6. The topological polar surface area (TPSA) is 320 Å². The van der Waals surface area contributed by atoms with Gasteiger partial charge in [-0.1, -0.05) is 98.9 Å². The third-order valence-electron chi connectivity index (χ3n) is 12.1. The Morgan fingerprint density at radius 1 is 0.697 bits per heavy atom. The molecule has 5 unspecified atom stereocenters.